The fraction of sp³-hybridized carbons (Fsp3) is 0.100. The maximum atomic E-state index is 4.94. The normalized spacial score (nSPS) is 9.85. The van der Waals surface area contributed by atoms with Gasteiger partial charge >= 0.3 is 0 Å². The van der Waals surface area contributed by atoms with Crippen LogP contribution >= 0.6 is 0 Å². The second-order valence-corrected chi connectivity index (χ2v) is 2.70. The van der Waals surface area contributed by atoms with E-state index < -0.39 is 0 Å². The molecule has 0 radical (unpaired) electrons. The zero-order valence-corrected chi connectivity index (χ0v) is 7.10. The fourth-order valence-electron chi connectivity index (χ4n) is 1.05. The first-order valence-electron chi connectivity index (χ1n) is 4.11. The number of rotatable bonds is 3. The van der Waals surface area contributed by atoms with E-state index in [2.05, 4.69) is 10.3 Å². The quantitative estimate of drug-likeness (QED) is 0.775. The van der Waals surface area contributed by atoms with Gasteiger partial charge in [-0.2, -0.15) is 0 Å². The molecule has 0 atom stereocenters. The van der Waals surface area contributed by atoms with E-state index in [9.17, 15) is 0 Å². The molecule has 0 spiro atoms. The lowest BCUT2D eigenvalue weighted by atomic mass is 10.3. The van der Waals surface area contributed by atoms with Crippen LogP contribution in [0.5, 0.6) is 0 Å². The Morgan fingerprint density at radius 3 is 3.00 bits per heavy atom. The van der Waals surface area contributed by atoms with Crippen LogP contribution in [-0.4, -0.2) is 4.98 Å². The summed E-state index contributed by atoms with van der Waals surface area (Å²) in [6.07, 6.45) is 5.14. The van der Waals surface area contributed by atoms with E-state index in [1.54, 1.807) is 18.7 Å². The van der Waals surface area contributed by atoms with E-state index in [0.29, 0.717) is 0 Å². The van der Waals surface area contributed by atoms with Gasteiger partial charge in [-0.05, 0) is 18.2 Å². The van der Waals surface area contributed by atoms with Crippen LogP contribution in [0.1, 0.15) is 5.56 Å². The molecule has 0 bridgehead atoms. The van der Waals surface area contributed by atoms with Crippen molar-refractivity contribution in [1.29, 1.82) is 0 Å². The summed E-state index contributed by atoms with van der Waals surface area (Å²) in [7, 11) is 0. The molecule has 0 amide bonds. The molecule has 0 fully saturated rings. The third kappa shape index (κ3) is 2.08. The van der Waals surface area contributed by atoms with Crippen molar-refractivity contribution in [2.75, 3.05) is 5.32 Å². The van der Waals surface area contributed by atoms with Gasteiger partial charge in [0.05, 0.1) is 12.5 Å². The summed E-state index contributed by atoms with van der Waals surface area (Å²) in [5.41, 5.74) is 1.12. The molecule has 0 aliphatic heterocycles. The molecule has 2 heterocycles. The summed E-state index contributed by atoms with van der Waals surface area (Å²) in [6, 6.07) is 7.70. The summed E-state index contributed by atoms with van der Waals surface area (Å²) in [4.78, 5) is 4.14. The smallest absolute Gasteiger partial charge is 0.126 e. The molecule has 3 heteroatoms. The predicted octanol–water partition coefficient (Wildman–Crippen LogP) is 2.29. The molecule has 0 aliphatic rings. The van der Waals surface area contributed by atoms with Crippen molar-refractivity contribution in [1.82, 2.24) is 4.98 Å². The zero-order valence-electron chi connectivity index (χ0n) is 7.10. The number of hydrogen-bond acceptors (Lipinski definition) is 3. The van der Waals surface area contributed by atoms with E-state index in [1.807, 2.05) is 24.3 Å². The molecule has 0 unspecified atom stereocenters. The standard InChI is InChI=1S/C10H10N2O/c1-2-5-11-10(3-1)12-7-9-4-6-13-8-9/h1-6,8H,7H2,(H,11,12). The maximum Gasteiger partial charge on any atom is 0.126 e. The number of anilines is 1. The first kappa shape index (κ1) is 7.86. The molecule has 0 aromatic carbocycles. The highest BCUT2D eigenvalue weighted by Crippen LogP contribution is 2.05. The van der Waals surface area contributed by atoms with Gasteiger partial charge < -0.3 is 9.73 Å². The van der Waals surface area contributed by atoms with Crippen molar-refractivity contribution < 1.29 is 4.42 Å². The van der Waals surface area contributed by atoms with Gasteiger partial charge in [0.25, 0.3) is 0 Å². The highest BCUT2D eigenvalue weighted by Gasteiger charge is 1.94. The van der Waals surface area contributed by atoms with Crippen LogP contribution in [0.4, 0.5) is 5.82 Å². The second-order valence-electron chi connectivity index (χ2n) is 2.70. The molecule has 0 saturated carbocycles. The Labute approximate surface area is 76.4 Å². The SMILES string of the molecule is c1ccc(NCc2ccoc2)nc1. The lowest BCUT2D eigenvalue weighted by Crippen LogP contribution is -1.99. The van der Waals surface area contributed by atoms with Gasteiger partial charge in [-0.15, -0.1) is 0 Å². The van der Waals surface area contributed by atoms with Crippen LogP contribution in [0.15, 0.2) is 47.4 Å². The van der Waals surface area contributed by atoms with Crippen LogP contribution in [0.3, 0.4) is 0 Å². The Kier molecular flexibility index (Phi) is 2.27. The number of furan rings is 1. The summed E-state index contributed by atoms with van der Waals surface area (Å²) in [6.45, 7) is 0.744. The van der Waals surface area contributed by atoms with E-state index in [1.165, 1.54) is 0 Å². The minimum absolute atomic E-state index is 0.744. The van der Waals surface area contributed by atoms with Gasteiger partial charge in [0, 0.05) is 18.3 Å². The minimum Gasteiger partial charge on any atom is -0.472 e. The molecule has 2 rings (SSSR count). The van der Waals surface area contributed by atoms with Crippen molar-refractivity contribution in [2.24, 2.45) is 0 Å². The van der Waals surface area contributed by atoms with E-state index in [4.69, 9.17) is 4.42 Å². The third-order valence-corrected chi connectivity index (χ3v) is 1.72. The molecule has 66 valence electrons. The molecule has 0 aliphatic carbocycles. The van der Waals surface area contributed by atoms with Gasteiger partial charge in [0.15, 0.2) is 0 Å². The van der Waals surface area contributed by atoms with Crippen molar-refractivity contribution in [3.63, 3.8) is 0 Å². The molecular weight excluding hydrogens is 164 g/mol. The Balaban J connectivity index is 1.94. The number of hydrogen-bond donors (Lipinski definition) is 1. The predicted molar refractivity (Wildman–Crippen MR) is 50.3 cm³/mol. The fourth-order valence-corrected chi connectivity index (χ4v) is 1.05. The lowest BCUT2D eigenvalue weighted by Gasteiger charge is -2.01. The number of aromatic nitrogens is 1. The third-order valence-electron chi connectivity index (χ3n) is 1.72. The van der Waals surface area contributed by atoms with E-state index in [-0.39, 0.29) is 0 Å². The van der Waals surface area contributed by atoms with Crippen LogP contribution in [0.25, 0.3) is 0 Å². The number of nitrogens with zero attached hydrogens (tertiary/aromatic N) is 1. The van der Waals surface area contributed by atoms with Gasteiger partial charge in [0.1, 0.15) is 5.82 Å². The maximum absolute atomic E-state index is 4.94. The Morgan fingerprint density at radius 2 is 2.31 bits per heavy atom. The number of nitrogens with one attached hydrogen (secondary N) is 1. The van der Waals surface area contributed by atoms with Crippen molar-refractivity contribution in [2.45, 2.75) is 6.54 Å². The minimum atomic E-state index is 0.744. The first-order chi connectivity index (χ1) is 6.45. The molecule has 2 aromatic heterocycles. The summed E-state index contributed by atoms with van der Waals surface area (Å²) in [5, 5.41) is 3.18. The Morgan fingerprint density at radius 1 is 1.31 bits per heavy atom. The van der Waals surface area contributed by atoms with Crippen molar-refractivity contribution >= 4 is 5.82 Å². The molecule has 13 heavy (non-hydrogen) atoms. The highest BCUT2D eigenvalue weighted by molar-refractivity contribution is 5.34. The second kappa shape index (κ2) is 3.76. The van der Waals surface area contributed by atoms with Crippen LogP contribution < -0.4 is 5.32 Å². The monoisotopic (exact) mass is 174 g/mol. The van der Waals surface area contributed by atoms with Gasteiger partial charge in [-0.25, -0.2) is 4.98 Å². The average molecular weight is 174 g/mol. The average Bonchev–Trinajstić information content (AvgIpc) is 2.69. The summed E-state index contributed by atoms with van der Waals surface area (Å²) in [5.74, 6) is 0.878. The lowest BCUT2D eigenvalue weighted by molar-refractivity contribution is 0.564. The molecule has 1 N–H and O–H groups in total. The zero-order chi connectivity index (χ0) is 8.93. The molecular formula is C10H10N2O. The number of pyridine rings is 1. The molecule has 2 aromatic rings. The topological polar surface area (TPSA) is 38.1 Å². The molecule has 0 saturated heterocycles. The largest absolute Gasteiger partial charge is 0.472 e. The van der Waals surface area contributed by atoms with Gasteiger partial charge in [-0.3, -0.25) is 0 Å². The van der Waals surface area contributed by atoms with Gasteiger partial charge in [0.2, 0.25) is 0 Å². The molecule has 3 nitrogen and oxygen atoms in total. The van der Waals surface area contributed by atoms with Crippen molar-refractivity contribution in [3.05, 3.63) is 48.6 Å². The highest BCUT2D eigenvalue weighted by atomic mass is 16.3. The van der Waals surface area contributed by atoms with E-state index >= 15 is 0 Å². The summed E-state index contributed by atoms with van der Waals surface area (Å²) >= 11 is 0. The van der Waals surface area contributed by atoms with Crippen molar-refractivity contribution in [3.8, 4) is 0 Å². The Hall–Kier alpha value is -1.77. The van der Waals surface area contributed by atoms with Crippen LogP contribution in [0.2, 0.25) is 0 Å². The first-order valence-corrected chi connectivity index (χ1v) is 4.11. The van der Waals surface area contributed by atoms with E-state index in [0.717, 1.165) is 17.9 Å². The van der Waals surface area contributed by atoms with Crippen LogP contribution in [-0.2, 0) is 6.54 Å². The Bertz CT molecular complexity index is 342. The summed E-state index contributed by atoms with van der Waals surface area (Å²) < 4.78 is 4.94. The van der Waals surface area contributed by atoms with Crippen LogP contribution in [0, 0.1) is 0 Å². The van der Waals surface area contributed by atoms with Gasteiger partial charge in [-0.1, -0.05) is 6.07 Å².